The molecule has 1 N–H and O–H groups in total. The number of nitrogens with zero attached hydrogens (tertiary/aromatic N) is 1. The smallest absolute Gasteiger partial charge is 0.311 e. The van der Waals surface area contributed by atoms with E-state index in [9.17, 15) is 14.7 Å². The van der Waals surface area contributed by atoms with Gasteiger partial charge in [-0.25, -0.2) is 0 Å². The molecule has 0 bridgehead atoms. The van der Waals surface area contributed by atoms with Crippen molar-refractivity contribution in [2.75, 3.05) is 26.8 Å². The Balaban J connectivity index is 2.20. The summed E-state index contributed by atoms with van der Waals surface area (Å²) in [6, 6.07) is 4.99. The molecule has 1 fully saturated rings. The molecule has 0 saturated carbocycles. The predicted molar refractivity (Wildman–Crippen MR) is 80.4 cm³/mol. The highest BCUT2D eigenvalue weighted by Crippen LogP contribution is 2.33. The van der Waals surface area contributed by atoms with Crippen LogP contribution in [0.15, 0.2) is 18.2 Å². The summed E-state index contributed by atoms with van der Waals surface area (Å²) >= 11 is 0. The quantitative estimate of drug-likeness (QED) is 0.900. The van der Waals surface area contributed by atoms with Crippen LogP contribution in [-0.4, -0.2) is 48.7 Å². The third-order valence-electron chi connectivity index (χ3n) is 3.99. The monoisotopic (exact) mass is 307 g/mol. The van der Waals surface area contributed by atoms with Gasteiger partial charge >= 0.3 is 5.97 Å². The Hall–Kier alpha value is -2.24. The molecule has 1 heterocycles. The Kier molecular flexibility index (Phi) is 4.59. The van der Waals surface area contributed by atoms with Crippen molar-refractivity contribution in [3.8, 4) is 11.5 Å². The zero-order chi connectivity index (χ0) is 16.3. The molecule has 0 aliphatic carbocycles. The maximum absolute atomic E-state index is 12.6. The molecule has 0 aromatic heterocycles. The van der Waals surface area contributed by atoms with Crippen molar-refractivity contribution in [1.29, 1.82) is 0 Å². The average Bonchev–Trinajstić information content (AvgIpc) is 2.91. The summed E-state index contributed by atoms with van der Waals surface area (Å²) in [5.74, 6) is 0.0207. The van der Waals surface area contributed by atoms with Crippen molar-refractivity contribution in [2.45, 2.75) is 20.3 Å². The second-order valence-corrected chi connectivity index (χ2v) is 5.64. The first-order valence-corrected chi connectivity index (χ1v) is 7.25. The highest BCUT2D eigenvalue weighted by Gasteiger charge is 2.42. The number of carbonyl (C=O) groups excluding carboxylic acids is 1. The molecule has 2 rings (SSSR count). The van der Waals surface area contributed by atoms with Gasteiger partial charge in [0.25, 0.3) is 5.91 Å². The van der Waals surface area contributed by atoms with Gasteiger partial charge in [0.1, 0.15) is 0 Å². The zero-order valence-electron chi connectivity index (χ0n) is 13.1. The molecule has 6 heteroatoms. The number of carboxylic acid groups (broad SMARTS) is 1. The minimum atomic E-state index is -0.870. The number of benzene rings is 1. The second-order valence-electron chi connectivity index (χ2n) is 5.64. The topological polar surface area (TPSA) is 76.1 Å². The molecule has 0 radical (unpaired) electrons. The molecule has 1 amide bonds. The minimum absolute atomic E-state index is 0.186. The van der Waals surface area contributed by atoms with Crippen LogP contribution in [0.1, 0.15) is 30.6 Å². The molecule has 1 aromatic carbocycles. The first kappa shape index (κ1) is 16.1. The number of aliphatic carboxylic acids is 1. The van der Waals surface area contributed by atoms with E-state index in [-0.39, 0.29) is 12.5 Å². The molecular weight excluding hydrogens is 286 g/mol. The fourth-order valence-corrected chi connectivity index (χ4v) is 2.57. The van der Waals surface area contributed by atoms with Crippen molar-refractivity contribution in [3.63, 3.8) is 0 Å². The fourth-order valence-electron chi connectivity index (χ4n) is 2.57. The molecule has 120 valence electrons. The number of hydrogen-bond acceptors (Lipinski definition) is 4. The van der Waals surface area contributed by atoms with E-state index in [1.807, 2.05) is 6.92 Å². The molecule has 1 aliphatic heterocycles. The highest BCUT2D eigenvalue weighted by atomic mass is 16.5. The van der Waals surface area contributed by atoms with E-state index in [1.165, 1.54) is 7.11 Å². The lowest BCUT2D eigenvalue weighted by Gasteiger charge is -2.20. The van der Waals surface area contributed by atoms with Gasteiger partial charge in [-0.1, -0.05) is 0 Å². The van der Waals surface area contributed by atoms with Crippen LogP contribution >= 0.6 is 0 Å². The van der Waals surface area contributed by atoms with E-state index in [4.69, 9.17) is 9.47 Å². The van der Waals surface area contributed by atoms with Gasteiger partial charge in [0.15, 0.2) is 11.5 Å². The van der Waals surface area contributed by atoms with Gasteiger partial charge < -0.3 is 19.5 Å². The molecule has 1 saturated heterocycles. The molecule has 22 heavy (non-hydrogen) atoms. The number of carbonyl (C=O) groups is 2. The van der Waals surface area contributed by atoms with Crippen molar-refractivity contribution in [1.82, 2.24) is 4.90 Å². The lowest BCUT2D eigenvalue weighted by atomic mass is 9.90. The molecule has 1 atom stereocenters. The molecular formula is C16H21NO5. The van der Waals surface area contributed by atoms with E-state index >= 15 is 0 Å². The zero-order valence-corrected chi connectivity index (χ0v) is 13.1. The summed E-state index contributed by atoms with van der Waals surface area (Å²) in [6.07, 6.45) is 0.461. The SMILES string of the molecule is CCOc1cc(C(=O)N2CC[C@@](C)(C(=O)O)C2)ccc1OC. The van der Waals surface area contributed by atoms with Gasteiger partial charge in [0.2, 0.25) is 0 Å². The van der Waals surface area contributed by atoms with E-state index in [2.05, 4.69) is 0 Å². The first-order valence-electron chi connectivity index (χ1n) is 7.25. The van der Waals surface area contributed by atoms with Crippen LogP contribution in [0.4, 0.5) is 0 Å². The average molecular weight is 307 g/mol. The summed E-state index contributed by atoms with van der Waals surface area (Å²) in [5, 5.41) is 9.25. The van der Waals surface area contributed by atoms with Crippen LogP contribution in [0, 0.1) is 5.41 Å². The van der Waals surface area contributed by atoms with Gasteiger partial charge in [0.05, 0.1) is 19.1 Å². The van der Waals surface area contributed by atoms with Crippen LogP contribution in [0.5, 0.6) is 11.5 Å². The lowest BCUT2D eigenvalue weighted by molar-refractivity contribution is -0.147. The highest BCUT2D eigenvalue weighted by molar-refractivity contribution is 5.95. The maximum Gasteiger partial charge on any atom is 0.311 e. The van der Waals surface area contributed by atoms with Crippen LogP contribution in [0.25, 0.3) is 0 Å². The molecule has 0 spiro atoms. The number of ether oxygens (including phenoxy) is 2. The summed E-state index contributed by atoms with van der Waals surface area (Å²) in [4.78, 5) is 25.4. The number of hydrogen-bond donors (Lipinski definition) is 1. The number of likely N-dealkylation sites (tertiary alicyclic amines) is 1. The van der Waals surface area contributed by atoms with Gasteiger partial charge in [0, 0.05) is 18.7 Å². The summed E-state index contributed by atoms with van der Waals surface area (Å²) in [5.41, 5.74) is -0.399. The molecule has 1 aliphatic rings. The van der Waals surface area contributed by atoms with Crippen molar-refractivity contribution in [2.24, 2.45) is 5.41 Å². The van der Waals surface area contributed by atoms with Crippen molar-refractivity contribution < 1.29 is 24.2 Å². The number of rotatable bonds is 5. The van der Waals surface area contributed by atoms with Crippen LogP contribution in [0.3, 0.4) is 0 Å². The molecule has 1 aromatic rings. The number of amides is 1. The van der Waals surface area contributed by atoms with E-state index < -0.39 is 11.4 Å². The van der Waals surface area contributed by atoms with Crippen molar-refractivity contribution >= 4 is 11.9 Å². The third kappa shape index (κ3) is 3.00. The Morgan fingerprint density at radius 2 is 2.09 bits per heavy atom. The predicted octanol–water partition coefficient (Wildman–Crippen LogP) is 2.03. The van der Waals surface area contributed by atoms with Gasteiger partial charge in [-0.2, -0.15) is 0 Å². The van der Waals surface area contributed by atoms with Gasteiger partial charge in [-0.3, -0.25) is 9.59 Å². The lowest BCUT2D eigenvalue weighted by Crippen LogP contribution is -2.34. The Morgan fingerprint density at radius 1 is 1.36 bits per heavy atom. The summed E-state index contributed by atoms with van der Waals surface area (Å²) < 4.78 is 10.7. The normalized spacial score (nSPS) is 20.8. The summed E-state index contributed by atoms with van der Waals surface area (Å²) in [7, 11) is 1.54. The largest absolute Gasteiger partial charge is 0.493 e. The van der Waals surface area contributed by atoms with Crippen molar-refractivity contribution in [3.05, 3.63) is 23.8 Å². The summed E-state index contributed by atoms with van der Waals surface area (Å²) in [6.45, 7) is 4.65. The van der Waals surface area contributed by atoms with E-state index in [0.29, 0.717) is 36.6 Å². The second kappa shape index (κ2) is 6.25. The fraction of sp³-hybridized carbons (Fsp3) is 0.500. The Labute approximate surface area is 129 Å². The van der Waals surface area contributed by atoms with Crippen LogP contribution in [-0.2, 0) is 4.79 Å². The van der Waals surface area contributed by atoms with Crippen LogP contribution in [0.2, 0.25) is 0 Å². The third-order valence-corrected chi connectivity index (χ3v) is 3.99. The van der Waals surface area contributed by atoms with Gasteiger partial charge in [-0.05, 0) is 38.5 Å². The Bertz CT molecular complexity index is 586. The first-order chi connectivity index (χ1) is 10.4. The standard InChI is InChI=1S/C16H21NO5/c1-4-22-13-9-11(5-6-12(13)21-3)14(18)17-8-7-16(2,10-17)15(19)20/h5-6,9H,4,7-8,10H2,1-3H3,(H,19,20)/t16-/m1/s1. The Morgan fingerprint density at radius 3 is 2.64 bits per heavy atom. The van der Waals surface area contributed by atoms with E-state index in [1.54, 1.807) is 30.0 Å². The maximum atomic E-state index is 12.6. The van der Waals surface area contributed by atoms with E-state index in [0.717, 1.165) is 0 Å². The van der Waals surface area contributed by atoms with Crippen LogP contribution < -0.4 is 9.47 Å². The minimum Gasteiger partial charge on any atom is -0.493 e. The molecule has 6 nitrogen and oxygen atoms in total. The number of carboxylic acids is 1. The molecule has 0 unspecified atom stereocenters. The number of methoxy groups -OCH3 is 1. The van der Waals surface area contributed by atoms with Gasteiger partial charge in [-0.15, -0.1) is 0 Å².